The molecule has 0 unspecified atom stereocenters. The van der Waals surface area contributed by atoms with Gasteiger partial charge < -0.3 is 9.84 Å². The molecule has 0 amide bonds. The number of halogens is 2. The summed E-state index contributed by atoms with van der Waals surface area (Å²) in [5, 5.41) is 9.86. The fourth-order valence-electron chi connectivity index (χ4n) is 1.26. The molecule has 0 bridgehead atoms. The van der Waals surface area contributed by atoms with Gasteiger partial charge in [0, 0.05) is 11.2 Å². The first kappa shape index (κ1) is 15.2. The number of carbonyl (C=O) groups excluding carboxylic acids is 1. The van der Waals surface area contributed by atoms with Crippen molar-refractivity contribution >= 4 is 23.8 Å². The number of esters is 1. The zero-order valence-electron chi connectivity index (χ0n) is 10.3. The van der Waals surface area contributed by atoms with E-state index in [1.54, 1.807) is 24.3 Å². The van der Waals surface area contributed by atoms with E-state index in [1.807, 2.05) is 0 Å². The molecule has 0 aliphatic heterocycles. The zero-order valence-corrected chi connectivity index (χ0v) is 11.0. The average Bonchev–Trinajstić information content (AvgIpc) is 2.44. The topological polar surface area (TPSA) is 58.9 Å². The van der Waals surface area contributed by atoms with Gasteiger partial charge in [-0.2, -0.15) is 0 Å². The van der Waals surface area contributed by atoms with Crippen LogP contribution in [-0.4, -0.2) is 31.1 Å². The molecule has 1 aromatic carbocycles. The molecule has 0 atom stereocenters. The van der Waals surface area contributed by atoms with Gasteiger partial charge in [0.2, 0.25) is 0 Å². The fourth-order valence-corrected chi connectivity index (χ4v) is 1.39. The minimum Gasteiger partial charge on any atom is -0.509 e. The second-order valence-corrected chi connectivity index (χ2v) is 4.02. The predicted molar refractivity (Wildman–Crippen MR) is 71.3 cm³/mol. The molecule has 0 spiro atoms. The van der Waals surface area contributed by atoms with Crippen molar-refractivity contribution < 1.29 is 19.0 Å². The van der Waals surface area contributed by atoms with E-state index in [9.17, 15) is 14.3 Å². The predicted octanol–water partition coefficient (Wildman–Crippen LogP) is 2.87. The molecule has 0 heterocycles. The lowest BCUT2D eigenvalue weighted by atomic mass is 10.2. The molecule has 1 aromatic rings. The van der Waals surface area contributed by atoms with E-state index in [0.717, 1.165) is 18.9 Å². The minimum absolute atomic E-state index is 0.275. The van der Waals surface area contributed by atoms with Crippen LogP contribution in [0.25, 0.3) is 0 Å². The van der Waals surface area contributed by atoms with Crippen molar-refractivity contribution in [3.63, 3.8) is 0 Å². The van der Waals surface area contributed by atoms with Gasteiger partial charge in [0.15, 0.2) is 0 Å². The molecule has 0 radical (unpaired) electrons. The van der Waals surface area contributed by atoms with Crippen LogP contribution in [0.2, 0.25) is 5.02 Å². The Morgan fingerprint density at radius 2 is 2.11 bits per heavy atom. The number of methoxy groups -OCH3 is 1. The number of nitrogens with zero attached hydrogens (tertiary/aromatic N) is 1. The third kappa shape index (κ3) is 4.71. The van der Waals surface area contributed by atoms with E-state index >= 15 is 0 Å². The highest BCUT2D eigenvalue weighted by Gasteiger charge is 2.13. The number of rotatable bonds is 5. The lowest BCUT2D eigenvalue weighted by Gasteiger charge is -2.02. The second kappa shape index (κ2) is 7.53. The molecule has 0 fully saturated rings. The molecule has 0 aliphatic carbocycles. The third-order valence-electron chi connectivity index (χ3n) is 2.25. The van der Waals surface area contributed by atoms with E-state index < -0.39 is 18.4 Å². The summed E-state index contributed by atoms with van der Waals surface area (Å²) in [6.45, 7) is -0.880. The molecule has 1 N–H and O–H groups in total. The maximum atomic E-state index is 12.3. The van der Waals surface area contributed by atoms with Crippen LogP contribution in [-0.2, 0) is 16.1 Å². The number of aliphatic hydroxyl groups excluding tert-OH is 1. The van der Waals surface area contributed by atoms with E-state index in [0.29, 0.717) is 5.02 Å². The van der Waals surface area contributed by atoms with Crippen LogP contribution in [0.5, 0.6) is 0 Å². The maximum Gasteiger partial charge on any atom is 0.342 e. The quantitative estimate of drug-likeness (QED) is 0.392. The molecule has 102 valence electrons. The number of allylic oxidation sites excluding steroid dienone is 1. The summed E-state index contributed by atoms with van der Waals surface area (Å²) in [5.41, 5.74) is 0.573. The van der Waals surface area contributed by atoms with Crippen molar-refractivity contribution in [3.8, 4) is 0 Å². The van der Waals surface area contributed by atoms with Crippen LogP contribution < -0.4 is 0 Å². The number of carbonyl (C=O) groups is 1. The van der Waals surface area contributed by atoms with Gasteiger partial charge in [-0.25, -0.2) is 9.18 Å². The molecule has 0 aromatic heterocycles. The number of hydrogen-bond donors (Lipinski definition) is 1. The second-order valence-electron chi connectivity index (χ2n) is 3.58. The highest BCUT2D eigenvalue weighted by atomic mass is 35.5. The van der Waals surface area contributed by atoms with Crippen LogP contribution in [0.3, 0.4) is 0 Å². The summed E-state index contributed by atoms with van der Waals surface area (Å²) in [5.74, 6) is -1.54. The summed E-state index contributed by atoms with van der Waals surface area (Å²) in [4.78, 5) is 15.2. The molecular formula is C13H13ClFNO3. The first-order chi connectivity index (χ1) is 9.08. The number of aliphatic imine (C=N–C) groups is 1. The van der Waals surface area contributed by atoms with Crippen LogP contribution in [0, 0.1) is 0 Å². The van der Waals surface area contributed by atoms with Crippen LogP contribution in [0.15, 0.2) is 40.6 Å². The Morgan fingerprint density at radius 3 is 2.63 bits per heavy atom. The van der Waals surface area contributed by atoms with Gasteiger partial charge in [0.1, 0.15) is 18.0 Å². The first-order valence-electron chi connectivity index (χ1n) is 5.39. The van der Waals surface area contributed by atoms with Crippen LogP contribution in [0.1, 0.15) is 5.56 Å². The monoisotopic (exact) mass is 285 g/mol. The lowest BCUT2D eigenvalue weighted by molar-refractivity contribution is -0.135. The molecule has 19 heavy (non-hydrogen) atoms. The Hall–Kier alpha value is -1.88. The smallest absolute Gasteiger partial charge is 0.342 e. The minimum atomic E-state index is -1.16. The third-order valence-corrected chi connectivity index (χ3v) is 2.50. The van der Waals surface area contributed by atoms with Gasteiger partial charge in [-0.05, 0) is 17.7 Å². The summed E-state index contributed by atoms with van der Waals surface area (Å²) >= 11 is 5.74. The SMILES string of the molecule is COC(=O)/C(C=NCc1ccc(Cl)cc1)=C(\O)CF. The van der Waals surface area contributed by atoms with Crippen molar-refractivity contribution in [1.29, 1.82) is 0 Å². The standard InChI is InChI=1S/C13H13ClFNO3/c1-19-13(18)11(12(17)6-15)8-16-7-9-2-4-10(14)5-3-9/h2-5,8,17H,6-7H2,1H3/b12-11-,16-8?. The number of ether oxygens (including phenoxy) is 1. The highest BCUT2D eigenvalue weighted by Crippen LogP contribution is 2.10. The van der Waals surface area contributed by atoms with E-state index in [2.05, 4.69) is 9.73 Å². The summed E-state index contributed by atoms with van der Waals surface area (Å²) in [6.07, 6.45) is 1.09. The lowest BCUT2D eigenvalue weighted by Crippen LogP contribution is -2.10. The summed E-state index contributed by atoms with van der Waals surface area (Å²) in [6, 6.07) is 6.97. The number of aliphatic hydroxyl groups is 1. The molecule has 1 rings (SSSR count). The molecule has 6 heteroatoms. The molecule has 0 aliphatic rings. The number of hydrogen-bond acceptors (Lipinski definition) is 4. The number of benzene rings is 1. The van der Waals surface area contributed by atoms with Gasteiger partial charge in [0.25, 0.3) is 0 Å². The van der Waals surface area contributed by atoms with Gasteiger partial charge in [-0.15, -0.1) is 0 Å². The first-order valence-corrected chi connectivity index (χ1v) is 5.77. The van der Waals surface area contributed by atoms with Crippen molar-refractivity contribution in [2.45, 2.75) is 6.54 Å². The van der Waals surface area contributed by atoms with Crippen LogP contribution >= 0.6 is 11.6 Å². The van der Waals surface area contributed by atoms with E-state index in [-0.39, 0.29) is 12.1 Å². The maximum absolute atomic E-state index is 12.3. The Balaban J connectivity index is 2.77. The Morgan fingerprint density at radius 1 is 1.47 bits per heavy atom. The average molecular weight is 286 g/mol. The molecule has 4 nitrogen and oxygen atoms in total. The van der Waals surface area contributed by atoms with E-state index in [4.69, 9.17) is 11.6 Å². The Labute approximate surface area is 115 Å². The van der Waals surface area contributed by atoms with Crippen molar-refractivity contribution in [1.82, 2.24) is 0 Å². The summed E-state index contributed by atoms with van der Waals surface area (Å²) in [7, 11) is 1.14. The van der Waals surface area contributed by atoms with Crippen molar-refractivity contribution in [2.24, 2.45) is 4.99 Å². The van der Waals surface area contributed by atoms with Gasteiger partial charge in [0.05, 0.1) is 13.7 Å². The number of alkyl halides is 1. The van der Waals surface area contributed by atoms with Gasteiger partial charge in [-0.1, -0.05) is 23.7 Å². The molecule has 0 saturated heterocycles. The Bertz CT molecular complexity index is 497. The van der Waals surface area contributed by atoms with Crippen LogP contribution in [0.4, 0.5) is 4.39 Å². The van der Waals surface area contributed by atoms with Crippen molar-refractivity contribution in [3.05, 3.63) is 46.2 Å². The highest BCUT2D eigenvalue weighted by molar-refractivity contribution is 6.30. The normalized spacial score (nSPS) is 12.4. The van der Waals surface area contributed by atoms with Crippen molar-refractivity contribution in [2.75, 3.05) is 13.8 Å². The van der Waals surface area contributed by atoms with Gasteiger partial charge in [-0.3, -0.25) is 4.99 Å². The fraction of sp³-hybridized carbons (Fsp3) is 0.231. The zero-order chi connectivity index (χ0) is 14.3. The largest absolute Gasteiger partial charge is 0.509 e. The summed E-state index contributed by atoms with van der Waals surface area (Å²) < 4.78 is 16.8. The van der Waals surface area contributed by atoms with Gasteiger partial charge >= 0.3 is 5.97 Å². The molecular weight excluding hydrogens is 273 g/mol. The molecule has 0 saturated carbocycles. The van der Waals surface area contributed by atoms with E-state index in [1.165, 1.54) is 0 Å². The Kier molecular flexibility index (Phi) is 6.02.